The van der Waals surface area contributed by atoms with Gasteiger partial charge in [-0.3, -0.25) is 4.90 Å². The van der Waals surface area contributed by atoms with E-state index in [9.17, 15) is 15.3 Å². The molecule has 2 atom stereocenters. The summed E-state index contributed by atoms with van der Waals surface area (Å²) in [6.45, 7) is 3.39. The molecule has 1 heterocycles. The third-order valence-electron chi connectivity index (χ3n) is 5.95. The highest BCUT2D eigenvalue weighted by atomic mass is 35.5. The van der Waals surface area contributed by atoms with Crippen LogP contribution in [0.2, 0.25) is 5.02 Å². The van der Waals surface area contributed by atoms with Crippen molar-refractivity contribution in [3.05, 3.63) is 28.8 Å². The van der Waals surface area contributed by atoms with Crippen molar-refractivity contribution in [2.45, 2.75) is 69.2 Å². The summed E-state index contributed by atoms with van der Waals surface area (Å²) in [4.78, 5) is 2.07. The second-order valence-corrected chi connectivity index (χ2v) is 8.89. The molecule has 1 aromatic carbocycles. The van der Waals surface area contributed by atoms with Gasteiger partial charge in [-0.15, -0.1) is 0 Å². The maximum absolute atomic E-state index is 11.1. The van der Waals surface area contributed by atoms with Crippen molar-refractivity contribution in [1.29, 1.82) is 0 Å². The predicted molar refractivity (Wildman–Crippen MR) is 106 cm³/mol. The molecule has 6 heteroatoms. The summed E-state index contributed by atoms with van der Waals surface area (Å²) in [6, 6.07) is 5.49. The summed E-state index contributed by atoms with van der Waals surface area (Å²) in [5.74, 6) is 0.511. The molecular formula is C21H32ClNO4. The lowest BCUT2D eigenvalue weighted by Gasteiger charge is -2.44. The van der Waals surface area contributed by atoms with Crippen LogP contribution in [-0.2, 0) is 0 Å². The molecule has 3 N–H and O–H groups in total. The fourth-order valence-electron chi connectivity index (χ4n) is 4.31. The number of likely N-dealkylation sites (tertiary alicyclic amines) is 1. The van der Waals surface area contributed by atoms with E-state index >= 15 is 0 Å². The predicted octanol–water partition coefficient (Wildman–Crippen LogP) is 2.91. The first kappa shape index (κ1) is 20.9. The van der Waals surface area contributed by atoms with Crippen LogP contribution < -0.4 is 4.74 Å². The van der Waals surface area contributed by atoms with Gasteiger partial charge in [0.15, 0.2) is 0 Å². The Morgan fingerprint density at radius 2 is 1.89 bits per heavy atom. The van der Waals surface area contributed by atoms with Crippen molar-refractivity contribution >= 4 is 11.6 Å². The van der Waals surface area contributed by atoms with Crippen LogP contribution in [0.5, 0.6) is 5.75 Å². The molecule has 0 bridgehead atoms. The van der Waals surface area contributed by atoms with Gasteiger partial charge in [0.1, 0.15) is 18.0 Å². The minimum atomic E-state index is -1.38. The van der Waals surface area contributed by atoms with E-state index in [-0.39, 0.29) is 13.2 Å². The molecular weight excluding hydrogens is 366 g/mol. The van der Waals surface area contributed by atoms with Crippen LogP contribution in [0.1, 0.15) is 50.5 Å². The van der Waals surface area contributed by atoms with E-state index in [0.717, 1.165) is 31.2 Å². The molecule has 5 nitrogen and oxygen atoms in total. The van der Waals surface area contributed by atoms with Crippen molar-refractivity contribution in [2.75, 3.05) is 26.2 Å². The first-order valence-corrected chi connectivity index (χ1v) is 10.4. The Morgan fingerprint density at radius 1 is 1.19 bits per heavy atom. The minimum absolute atomic E-state index is 0.0354. The monoisotopic (exact) mass is 397 g/mol. The zero-order valence-electron chi connectivity index (χ0n) is 16.2. The number of aliphatic hydroxyl groups is 3. The molecule has 3 rings (SSSR count). The van der Waals surface area contributed by atoms with Crippen molar-refractivity contribution in [3.63, 3.8) is 0 Å². The Hall–Kier alpha value is -0.850. The number of hydrogen-bond acceptors (Lipinski definition) is 5. The van der Waals surface area contributed by atoms with E-state index in [0.29, 0.717) is 30.3 Å². The number of nitrogens with zero attached hydrogens (tertiary/aromatic N) is 1. The zero-order chi connectivity index (χ0) is 19.5. The second-order valence-electron chi connectivity index (χ2n) is 8.48. The molecule has 1 aliphatic heterocycles. The van der Waals surface area contributed by atoms with Gasteiger partial charge in [0.2, 0.25) is 0 Å². The fourth-order valence-corrected chi connectivity index (χ4v) is 4.48. The molecule has 152 valence electrons. The van der Waals surface area contributed by atoms with Crippen molar-refractivity contribution in [3.8, 4) is 5.75 Å². The number of aliphatic hydroxyl groups excluding tert-OH is 1. The first-order valence-electron chi connectivity index (χ1n) is 10.0. The van der Waals surface area contributed by atoms with Gasteiger partial charge in [-0.2, -0.15) is 0 Å². The maximum Gasteiger partial charge on any atom is 0.138 e. The number of benzene rings is 1. The van der Waals surface area contributed by atoms with Gasteiger partial charge in [0.05, 0.1) is 16.7 Å². The average molecular weight is 398 g/mol. The van der Waals surface area contributed by atoms with Crippen LogP contribution in [0.25, 0.3) is 0 Å². The number of hydrogen-bond donors (Lipinski definition) is 3. The van der Waals surface area contributed by atoms with Crippen LogP contribution >= 0.6 is 11.6 Å². The summed E-state index contributed by atoms with van der Waals surface area (Å²) in [5, 5.41) is 32.9. The highest BCUT2D eigenvalue weighted by Crippen LogP contribution is 2.32. The van der Waals surface area contributed by atoms with E-state index in [1.54, 1.807) is 6.07 Å². The van der Waals surface area contributed by atoms with Crippen molar-refractivity contribution in [2.24, 2.45) is 0 Å². The molecule has 1 saturated heterocycles. The maximum atomic E-state index is 11.1. The van der Waals surface area contributed by atoms with E-state index in [1.807, 2.05) is 19.1 Å². The quantitative estimate of drug-likeness (QED) is 0.666. The lowest BCUT2D eigenvalue weighted by molar-refractivity contribution is -0.148. The van der Waals surface area contributed by atoms with Crippen molar-refractivity contribution < 1.29 is 20.1 Å². The minimum Gasteiger partial charge on any atom is -0.489 e. The standard InChI is InChI=1S/C21H32ClNO4/c1-16-6-7-17(22)18(12-16)27-15-21(26)14-23(11-8-19(21)24)13-20(25)9-4-2-3-5-10-20/h6-7,12,19,24-26H,2-5,8-11,13-15H2,1H3/t19-,21-/m0/s1. The van der Waals surface area contributed by atoms with E-state index in [4.69, 9.17) is 16.3 Å². The Morgan fingerprint density at radius 3 is 2.59 bits per heavy atom. The zero-order valence-corrected chi connectivity index (χ0v) is 16.9. The molecule has 2 aliphatic rings. The largest absolute Gasteiger partial charge is 0.489 e. The third-order valence-corrected chi connectivity index (χ3v) is 6.27. The Kier molecular flexibility index (Phi) is 6.70. The third kappa shape index (κ3) is 5.36. The Bertz CT molecular complexity index is 633. The average Bonchev–Trinajstić information content (AvgIpc) is 2.84. The summed E-state index contributed by atoms with van der Waals surface area (Å²) < 4.78 is 5.78. The molecule has 1 aromatic rings. The Balaban J connectivity index is 1.63. The summed E-state index contributed by atoms with van der Waals surface area (Å²) >= 11 is 6.17. The number of β-amino-alcohol motifs (C(OH)–C–C–N with tert-alkyl or cyclic N) is 2. The number of rotatable bonds is 5. The fraction of sp³-hybridized carbons (Fsp3) is 0.714. The number of halogens is 1. The molecule has 2 fully saturated rings. The van der Waals surface area contributed by atoms with Crippen LogP contribution in [0.15, 0.2) is 18.2 Å². The summed E-state index contributed by atoms with van der Waals surface area (Å²) in [7, 11) is 0. The van der Waals surface area contributed by atoms with Gasteiger partial charge in [-0.1, -0.05) is 43.4 Å². The topological polar surface area (TPSA) is 73.2 Å². The van der Waals surface area contributed by atoms with Gasteiger partial charge >= 0.3 is 0 Å². The molecule has 0 spiro atoms. The van der Waals surface area contributed by atoms with E-state index < -0.39 is 17.3 Å². The number of ether oxygens (including phenoxy) is 1. The van der Waals surface area contributed by atoms with Crippen LogP contribution in [0, 0.1) is 6.92 Å². The van der Waals surface area contributed by atoms with Gasteiger partial charge in [0, 0.05) is 19.6 Å². The van der Waals surface area contributed by atoms with Crippen LogP contribution in [-0.4, -0.2) is 63.8 Å². The lowest BCUT2D eigenvalue weighted by Crippen LogP contribution is -2.61. The normalized spacial score (nSPS) is 29.3. The highest BCUT2D eigenvalue weighted by molar-refractivity contribution is 6.32. The molecule has 1 aliphatic carbocycles. The summed E-state index contributed by atoms with van der Waals surface area (Å²) in [6.07, 6.45) is 5.66. The number of aryl methyl sites for hydroxylation is 1. The molecule has 1 saturated carbocycles. The molecule has 0 unspecified atom stereocenters. The SMILES string of the molecule is Cc1ccc(Cl)c(OC[C@@]2(O)CN(CC3(O)CCCCCC3)CC[C@@H]2O)c1. The van der Waals surface area contributed by atoms with Gasteiger partial charge < -0.3 is 20.1 Å². The highest BCUT2D eigenvalue weighted by Gasteiger charge is 2.44. The van der Waals surface area contributed by atoms with Gasteiger partial charge in [-0.05, 0) is 43.9 Å². The van der Waals surface area contributed by atoms with Gasteiger partial charge in [-0.25, -0.2) is 0 Å². The molecule has 0 aromatic heterocycles. The smallest absolute Gasteiger partial charge is 0.138 e. The van der Waals surface area contributed by atoms with E-state index in [2.05, 4.69) is 4.90 Å². The van der Waals surface area contributed by atoms with E-state index in [1.165, 1.54) is 12.8 Å². The summed E-state index contributed by atoms with van der Waals surface area (Å²) in [5.41, 5.74) is -1.06. The second kappa shape index (κ2) is 8.66. The Labute approximate surface area is 166 Å². The number of piperidine rings is 1. The van der Waals surface area contributed by atoms with Crippen LogP contribution in [0.4, 0.5) is 0 Å². The molecule has 0 amide bonds. The van der Waals surface area contributed by atoms with Crippen molar-refractivity contribution in [1.82, 2.24) is 4.90 Å². The first-order chi connectivity index (χ1) is 12.8. The van der Waals surface area contributed by atoms with Gasteiger partial charge in [0.25, 0.3) is 0 Å². The lowest BCUT2D eigenvalue weighted by atomic mass is 9.87. The van der Waals surface area contributed by atoms with Crippen LogP contribution in [0.3, 0.4) is 0 Å². The molecule has 27 heavy (non-hydrogen) atoms. The molecule has 0 radical (unpaired) electrons.